The average Bonchev–Trinajstić information content (AvgIpc) is 2.45. The van der Waals surface area contributed by atoms with Crippen LogP contribution in [0.1, 0.15) is 12.0 Å². The Kier molecular flexibility index (Phi) is 5.76. The van der Waals surface area contributed by atoms with Crippen molar-refractivity contribution >= 4 is 11.8 Å². The van der Waals surface area contributed by atoms with Crippen molar-refractivity contribution in [3.05, 3.63) is 60.3 Å². The van der Waals surface area contributed by atoms with Gasteiger partial charge in [0.1, 0.15) is 0 Å². The SMILES string of the molecule is c1ccc(CNCCCSc2ccccn2)cc1. The molecule has 0 radical (unpaired) electrons. The minimum absolute atomic E-state index is 0.953. The van der Waals surface area contributed by atoms with E-state index >= 15 is 0 Å². The lowest BCUT2D eigenvalue weighted by molar-refractivity contribution is 0.679. The van der Waals surface area contributed by atoms with E-state index in [0.29, 0.717) is 0 Å². The highest BCUT2D eigenvalue weighted by Gasteiger charge is 1.94. The van der Waals surface area contributed by atoms with Crippen LogP contribution < -0.4 is 5.32 Å². The molecule has 1 aromatic heterocycles. The maximum Gasteiger partial charge on any atom is 0.0959 e. The molecule has 0 amide bonds. The van der Waals surface area contributed by atoms with Crippen LogP contribution in [-0.2, 0) is 6.54 Å². The number of hydrogen-bond acceptors (Lipinski definition) is 3. The molecule has 0 spiro atoms. The third-order valence-electron chi connectivity index (χ3n) is 2.56. The molecule has 0 saturated carbocycles. The second-order valence-corrected chi connectivity index (χ2v) is 5.15. The van der Waals surface area contributed by atoms with Crippen molar-refractivity contribution in [1.29, 1.82) is 0 Å². The number of pyridine rings is 1. The Morgan fingerprint density at radius 2 is 1.83 bits per heavy atom. The van der Waals surface area contributed by atoms with Crippen LogP contribution in [0.2, 0.25) is 0 Å². The maximum atomic E-state index is 4.29. The zero-order chi connectivity index (χ0) is 12.5. The van der Waals surface area contributed by atoms with E-state index in [1.54, 1.807) is 0 Å². The molecule has 1 N–H and O–H groups in total. The van der Waals surface area contributed by atoms with Crippen molar-refractivity contribution < 1.29 is 0 Å². The van der Waals surface area contributed by atoms with Crippen LogP contribution in [0, 0.1) is 0 Å². The summed E-state index contributed by atoms with van der Waals surface area (Å²) < 4.78 is 0. The maximum absolute atomic E-state index is 4.29. The molecule has 0 aliphatic rings. The Labute approximate surface area is 113 Å². The number of benzene rings is 1. The Balaban J connectivity index is 1.54. The minimum Gasteiger partial charge on any atom is -0.313 e. The Morgan fingerprint density at radius 3 is 2.61 bits per heavy atom. The van der Waals surface area contributed by atoms with E-state index in [1.165, 1.54) is 5.56 Å². The van der Waals surface area contributed by atoms with E-state index in [-0.39, 0.29) is 0 Å². The van der Waals surface area contributed by atoms with Gasteiger partial charge in [0.05, 0.1) is 5.03 Å². The van der Waals surface area contributed by atoms with Gasteiger partial charge in [-0.1, -0.05) is 36.4 Å². The molecule has 2 aromatic rings. The lowest BCUT2D eigenvalue weighted by atomic mass is 10.2. The topological polar surface area (TPSA) is 24.9 Å². The summed E-state index contributed by atoms with van der Waals surface area (Å²) in [6.45, 7) is 2.00. The van der Waals surface area contributed by atoms with Gasteiger partial charge in [-0.05, 0) is 30.7 Å². The van der Waals surface area contributed by atoms with Gasteiger partial charge in [-0.3, -0.25) is 0 Å². The summed E-state index contributed by atoms with van der Waals surface area (Å²) in [5.41, 5.74) is 1.34. The fraction of sp³-hybridized carbons (Fsp3) is 0.267. The summed E-state index contributed by atoms with van der Waals surface area (Å²) in [7, 11) is 0. The van der Waals surface area contributed by atoms with Gasteiger partial charge in [0.2, 0.25) is 0 Å². The van der Waals surface area contributed by atoms with Crippen molar-refractivity contribution in [3.8, 4) is 0 Å². The van der Waals surface area contributed by atoms with Gasteiger partial charge >= 0.3 is 0 Å². The van der Waals surface area contributed by atoms with Gasteiger partial charge in [-0.15, -0.1) is 11.8 Å². The quantitative estimate of drug-likeness (QED) is 0.609. The Bertz CT molecular complexity index is 387. The smallest absolute Gasteiger partial charge is 0.0959 e. The van der Waals surface area contributed by atoms with Crippen LogP contribution in [0.5, 0.6) is 0 Å². The standard InChI is InChI=1S/C15H18N2S/c1-2-7-14(8-3-1)13-16-10-6-12-18-15-9-4-5-11-17-15/h1-5,7-9,11,16H,6,10,12-13H2. The number of nitrogens with one attached hydrogen (secondary N) is 1. The summed E-state index contributed by atoms with van der Waals surface area (Å²) in [6.07, 6.45) is 3.00. The van der Waals surface area contributed by atoms with Crippen molar-refractivity contribution in [2.45, 2.75) is 18.0 Å². The number of thioether (sulfide) groups is 1. The first-order valence-electron chi connectivity index (χ1n) is 6.23. The first-order chi connectivity index (χ1) is 8.95. The molecule has 2 rings (SSSR count). The third-order valence-corrected chi connectivity index (χ3v) is 3.59. The van der Waals surface area contributed by atoms with E-state index in [9.17, 15) is 0 Å². The van der Waals surface area contributed by atoms with Gasteiger partial charge in [0.25, 0.3) is 0 Å². The van der Waals surface area contributed by atoms with Crippen LogP contribution in [0.4, 0.5) is 0 Å². The fourth-order valence-electron chi connectivity index (χ4n) is 1.63. The van der Waals surface area contributed by atoms with Crippen molar-refractivity contribution in [1.82, 2.24) is 10.3 Å². The van der Waals surface area contributed by atoms with E-state index in [2.05, 4.69) is 40.6 Å². The first-order valence-corrected chi connectivity index (χ1v) is 7.22. The van der Waals surface area contributed by atoms with Gasteiger partial charge in [-0.2, -0.15) is 0 Å². The molecular formula is C15H18N2S. The summed E-state index contributed by atoms with van der Waals surface area (Å²) >= 11 is 1.82. The Hall–Kier alpha value is -1.32. The largest absolute Gasteiger partial charge is 0.313 e. The number of rotatable bonds is 7. The molecule has 0 aliphatic heterocycles. The van der Waals surface area contributed by atoms with Crippen molar-refractivity contribution in [2.24, 2.45) is 0 Å². The van der Waals surface area contributed by atoms with Crippen molar-refractivity contribution in [3.63, 3.8) is 0 Å². The summed E-state index contributed by atoms with van der Waals surface area (Å²) in [4.78, 5) is 4.29. The summed E-state index contributed by atoms with van der Waals surface area (Å²) in [5.74, 6) is 1.11. The van der Waals surface area contributed by atoms with Crippen LogP contribution in [-0.4, -0.2) is 17.3 Å². The van der Waals surface area contributed by atoms with Crippen molar-refractivity contribution in [2.75, 3.05) is 12.3 Å². The molecule has 0 saturated heterocycles. The molecular weight excluding hydrogens is 240 g/mol. The van der Waals surface area contributed by atoms with Crippen LogP contribution >= 0.6 is 11.8 Å². The molecule has 2 nitrogen and oxygen atoms in total. The molecule has 0 aliphatic carbocycles. The first kappa shape index (κ1) is 13.1. The second-order valence-electron chi connectivity index (χ2n) is 4.03. The zero-order valence-corrected chi connectivity index (χ0v) is 11.2. The number of nitrogens with zero attached hydrogens (tertiary/aromatic N) is 1. The minimum atomic E-state index is 0.953. The molecule has 1 heterocycles. The molecule has 1 aromatic carbocycles. The Morgan fingerprint density at radius 1 is 1.00 bits per heavy atom. The molecule has 0 atom stereocenters. The molecule has 0 fully saturated rings. The highest BCUT2D eigenvalue weighted by atomic mass is 32.2. The zero-order valence-electron chi connectivity index (χ0n) is 10.4. The lowest BCUT2D eigenvalue weighted by Crippen LogP contribution is -2.15. The van der Waals surface area contributed by atoms with Gasteiger partial charge in [0, 0.05) is 18.5 Å². The molecule has 94 valence electrons. The summed E-state index contributed by atoms with van der Waals surface area (Å²) in [5, 5.41) is 4.57. The number of hydrogen-bond donors (Lipinski definition) is 1. The fourth-order valence-corrected chi connectivity index (χ4v) is 2.44. The molecule has 0 unspecified atom stereocenters. The number of aromatic nitrogens is 1. The van der Waals surface area contributed by atoms with E-state index in [4.69, 9.17) is 0 Å². The highest BCUT2D eigenvalue weighted by Crippen LogP contribution is 2.14. The highest BCUT2D eigenvalue weighted by molar-refractivity contribution is 7.99. The predicted octanol–water partition coefficient (Wildman–Crippen LogP) is 3.35. The summed E-state index contributed by atoms with van der Waals surface area (Å²) in [6, 6.07) is 16.5. The van der Waals surface area contributed by atoms with Gasteiger partial charge in [-0.25, -0.2) is 4.98 Å². The molecule has 18 heavy (non-hydrogen) atoms. The van der Waals surface area contributed by atoms with E-state index in [1.807, 2.05) is 36.2 Å². The predicted molar refractivity (Wildman–Crippen MR) is 77.7 cm³/mol. The van der Waals surface area contributed by atoms with E-state index in [0.717, 1.165) is 30.3 Å². The molecule has 0 bridgehead atoms. The molecule has 3 heteroatoms. The average molecular weight is 258 g/mol. The second kappa shape index (κ2) is 7.90. The lowest BCUT2D eigenvalue weighted by Gasteiger charge is -2.04. The van der Waals surface area contributed by atoms with Gasteiger partial charge < -0.3 is 5.32 Å². The van der Waals surface area contributed by atoms with Gasteiger partial charge in [0.15, 0.2) is 0 Å². The third kappa shape index (κ3) is 4.90. The van der Waals surface area contributed by atoms with Crippen LogP contribution in [0.25, 0.3) is 0 Å². The van der Waals surface area contributed by atoms with E-state index < -0.39 is 0 Å². The van der Waals surface area contributed by atoms with Crippen LogP contribution in [0.3, 0.4) is 0 Å². The monoisotopic (exact) mass is 258 g/mol. The normalized spacial score (nSPS) is 10.4. The van der Waals surface area contributed by atoms with Crippen LogP contribution in [0.15, 0.2) is 59.8 Å².